The van der Waals surface area contributed by atoms with E-state index < -0.39 is 29.1 Å². The predicted molar refractivity (Wildman–Crippen MR) is 96.4 cm³/mol. The molecule has 0 saturated carbocycles. The SMILES string of the molecule is CC(C)(O)CNc1nc(Nc2cc(F)cc(F)c2)nc(-n2ccc(C(F)(F)F)n2)n1. The van der Waals surface area contributed by atoms with E-state index in [9.17, 15) is 27.1 Å². The van der Waals surface area contributed by atoms with E-state index in [4.69, 9.17) is 0 Å². The number of alkyl halides is 3. The Balaban J connectivity index is 1.98. The zero-order valence-electron chi connectivity index (χ0n) is 15.7. The van der Waals surface area contributed by atoms with Crippen LogP contribution in [-0.2, 0) is 6.18 Å². The highest BCUT2D eigenvalue weighted by Crippen LogP contribution is 2.28. The maximum absolute atomic E-state index is 13.4. The minimum absolute atomic E-state index is 0.00258. The molecule has 13 heteroatoms. The summed E-state index contributed by atoms with van der Waals surface area (Å²) >= 11 is 0. The average Bonchev–Trinajstić information content (AvgIpc) is 3.09. The molecule has 0 spiro atoms. The van der Waals surface area contributed by atoms with Gasteiger partial charge in [0.15, 0.2) is 5.69 Å². The summed E-state index contributed by atoms with van der Waals surface area (Å²) < 4.78 is 66.1. The van der Waals surface area contributed by atoms with E-state index >= 15 is 0 Å². The summed E-state index contributed by atoms with van der Waals surface area (Å²) in [5.74, 6) is -2.32. The molecule has 0 atom stereocenters. The van der Waals surface area contributed by atoms with Crippen LogP contribution in [0.15, 0.2) is 30.5 Å². The van der Waals surface area contributed by atoms with Crippen molar-refractivity contribution in [3.63, 3.8) is 0 Å². The number of rotatable bonds is 6. The molecule has 3 N–H and O–H groups in total. The molecule has 3 aromatic rings. The third-order valence-corrected chi connectivity index (χ3v) is 3.51. The van der Waals surface area contributed by atoms with Crippen molar-refractivity contribution in [2.75, 3.05) is 17.2 Å². The number of hydrogen-bond donors (Lipinski definition) is 3. The van der Waals surface area contributed by atoms with Crippen molar-refractivity contribution < 1.29 is 27.1 Å². The standard InChI is InChI=1S/C17H16F5N7O/c1-16(2,30)8-23-13-25-14(24-11-6-9(18)5-10(19)7-11)27-15(26-13)29-4-3-12(28-29)17(20,21)22/h3-7,30H,8H2,1-2H3,(H2,23,24,25,26,27). The molecule has 0 unspecified atom stereocenters. The normalized spacial score (nSPS) is 12.1. The molecule has 2 heterocycles. The second kappa shape index (κ2) is 7.82. The lowest BCUT2D eigenvalue weighted by Gasteiger charge is -2.18. The minimum Gasteiger partial charge on any atom is -0.389 e. The molecular formula is C17H16F5N7O. The van der Waals surface area contributed by atoms with Gasteiger partial charge in [-0.25, -0.2) is 13.5 Å². The van der Waals surface area contributed by atoms with Gasteiger partial charge in [0.05, 0.1) is 5.60 Å². The van der Waals surface area contributed by atoms with Crippen LogP contribution >= 0.6 is 0 Å². The fourth-order valence-corrected chi connectivity index (χ4v) is 2.24. The van der Waals surface area contributed by atoms with Crippen molar-refractivity contribution in [1.29, 1.82) is 0 Å². The molecule has 3 rings (SSSR count). The smallest absolute Gasteiger partial charge is 0.389 e. The zero-order valence-corrected chi connectivity index (χ0v) is 15.7. The Hall–Kier alpha value is -3.35. The van der Waals surface area contributed by atoms with Gasteiger partial charge in [-0.1, -0.05) is 0 Å². The monoisotopic (exact) mass is 429 g/mol. The lowest BCUT2D eigenvalue weighted by Crippen LogP contribution is -2.30. The van der Waals surface area contributed by atoms with E-state index in [-0.39, 0.29) is 30.1 Å². The van der Waals surface area contributed by atoms with Crippen LogP contribution in [-0.4, -0.2) is 42.0 Å². The summed E-state index contributed by atoms with van der Waals surface area (Å²) in [4.78, 5) is 11.9. The first kappa shape index (κ1) is 21.4. The van der Waals surface area contributed by atoms with Crippen molar-refractivity contribution in [2.24, 2.45) is 0 Å². The molecule has 0 aliphatic heterocycles. The number of nitrogens with zero attached hydrogens (tertiary/aromatic N) is 5. The Labute approximate surface area is 166 Å². The van der Waals surface area contributed by atoms with Crippen LogP contribution in [0, 0.1) is 11.6 Å². The van der Waals surface area contributed by atoms with Gasteiger partial charge >= 0.3 is 6.18 Å². The fourth-order valence-electron chi connectivity index (χ4n) is 2.24. The summed E-state index contributed by atoms with van der Waals surface area (Å²) in [7, 11) is 0. The van der Waals surface area contributed by atoms with E-state index in [2.05, 4.69) is 30.7 Å². The maximum atomic E-state index is 13.4. The number of anilines is 3. The van der Waals surface area contributed by atoms with E-state index in [0.29, 0.717) is 6.07 Å². The molecule has 1 aromatic carbocycles. The summed E-state index contributed by atoms with van der Waals surface area (Å²) in [6.45, 7) is 3.02. The molecule has 30 heavy (non-hydrogen) atoms. The molecule has 0 saturated heterocycles. The Kier molecular flexibility index (Phi) is 5.57. The largest absolute Gasteiger partial charge is 0.435 e. The summed E-state index contributed by atoms with van der Waals surface area (Å²) in [5.41, 5.74) is -2.34. The second-order valence-corrected chi connectivity index (χ2v) is 6.88. The summed E-state index contributed by atoms with van der Waals surface area (Å²) in [5, 5.41) is 18.5. The average molecular weight is 429 g/mol. The highest BCUT2D eigenvalue weighted by atomic mass is 19.4. The maximum Gasteiger partial charge on any atom is 0.435 e. The molecule has 0 bridgehead atoms. The van der Waals surface area contributed by atoms with Gasteiger partial charge in [-0.2, -0.15) is 33.2 Å². The molecule has 0 aliphatic carbocycles. The third-order valence-electron chi connectivity index (χ3n) is 3.51. The van der Waals surface area contributed by atoms with Gasteiger partial charge in [0.25, 0.3) is 5.95 Å². The van der Waals surface area contributed by atoms with Gasteiger partial charge in [0.2, 0.25) is 11.9 Å². The minimum atomic E-state index is -4.67. The lowest BCUT2D eigenvalue weighted by molar-refractivity contribution is -0.141. The van der Waals surface area contributed by atoms with Gasteiger partial charge < -0.3 is 15.7 Å². The Morgan fingerprint density at radius 2 is 1.63 bits per heavy atom. The van der Waals surface area contributed by atoms with Crippen molar-refractivity contribution in [3.05, 3.63) is 47.8 Å². The van der Waals surface area contributed by atoms with Gasteiger partial charge in [-0.15, -0.1) is 0 Å². The summed E-state index contributed by atoms with van der Waals surface area (Å²) in [6, 6.07) is 3.36. The quantitative estimate of drug-likeness (QED) is 0.517. The first-order valence-corrected chi connectivity index (χ1v) is 8.48. The van der Waals surface area contributed by atoms with Crippen LogP contribution in [0.3, 0.4) is 0 Å². The number of benzene rings is 1. The van der Waals surface area contributed by atoms with E-state index in [1.54, 1.807) is 0 Å². The van der Waals surface area contributed by atoms with Crippen molar-refractivity contribution in [2.45, 2.75) is 25.6 Å². The van der Waals surface area contributed by atoms with Gasteiger partial charge in [-0.05, 0) is 32.0 Å². The Morgan fingerprint density at radius 3 is 2.20 bits per heavy atom. The number of aliphatic hydroxyl groups is 1. The van der Waals surface area contributed by atoms with Crippen molar-refractivity contribution in [3.8, 4) is 5.95 Å². The van der Waals surface area contributed by atoms with Crippen molar-refractivity contribution >= 4 is 17.6 Å². The highest BCUT2D eigenvalue weighted by molar-refractivity contribution is 5.55. The Bertz CT molecular complexity index is 1030. The van der Waals surface area contributed by atoms with Gasteiger partial charge in [0.1, 0.15) is 11.6 Å². The van der Waals surface area contributed by atoms with Crippen LogP contribution in [0.4, 0.5) is 39.5 Å². The van der Waals surface area contributed by atoms with Gasteiger partial charge in [0, 0.05) is 24.5 Å². The first-order chi connectivity index (χ1) is 13.9. The molecule has 0 fully saturated rings. The molecule has 0 aliphatic rings. The second-order valence-electron chi connectivity index (χ2n) is 6.88. The van der Waals surface area contributed by atoms with E-state index in [0.717, 1.165) is 29.1 Å². The number of halogens is 5. The van der Waals surface area contributed by atoms with Crippen LogP contribution in [0.2, 0.25) is 0 Å². The fraction of sp³-hybridized carbons (Fsp3) is 0.294. The number of aromatic nitrogens is 5. The van der Waals surface area contributed by atoms with Gasteiger partial charge in [-0.3, -0.25) is 0 Å². The molecule has 2 aromatic heterocycles. The van der Waals surface area contributed by atoms with Crippen LogP contribution in [0.1, 0.15) is 19.5 Å². The number of hydrogen-bond acceptors (Lipinski definition) is 7. The van der Waals surface area contributed by atoms with Crippen LogP contribution in [0.25, 0.3) is 5.95 Å². The third kappa shape index (κ3) is 5.59. The first-order valence-electron chi connectivity index (χ1n) is 8.48. The molecular weight excluding hydrogens is 413 g/mol. The Morgan fingerprint density at radius 1 is 1.00 bits per heavy atom. The zero-order chi connectivity index (χ0) is 22.1. The van der Waals surface area contributed by atoms with E-state index in [1.165, 1.54) is 13.8 Å². The van der Waals surface area contributed by atoms with Crippen molar-refractivity contribution in [1.82, 2.24) is 24.7 Å². The predicted octanol–water partition coefficient (Wildman–Crippen LogP) is 3.28. The van der Waals surface area contributed by atoms with Crippen LogP contribution < -0.4 is 10.6 Å². The molecule has 0 radical (unpaired) electrons. The number of nitrogens with one attached hydrogen (secondary N) is 2. The molecule has 8 nitrogen and oxygen atoms in total. The van der Waals surface area contributed by atoms with Crippen LogP contribution in [0.5, 0.6) is 0 Å². The van der Waals surface area contributed by atoms with E-state index in [1.807, 2.05) is 0 Å². The topological polar surface area (TPSA) is 101 Å². The molecule has 160 valence electrons. The summed E-state index contributed by atoms with van der Waals surface area (Å²) in [6.07, 6.45) is -3.66. The molecule has 0 amide bonds. The lowest BCUT2D eigenvalue weighted by atomic mass is 10.1. The highest BCUT2D eigenvalue weighted by Gasteiger charge is 2.34.